The van der Waals surface area contributed by atoms with Crippen molar-refractivity contribution in [3.8, 4) is 22.6 Å². The maximum absolute atomic E-state index is 4.85. The second-order valence-electron chi connectivity index (χ2n) is 8.20. The fraction of sp³-hybridized carbons (Fsp3) is 0.0769. The van der Waals surface area contributed by atoms with Gasteiger partial charge in [0.2, 0.25) is 0 Å². The van der Waals surface area contributed by atoms with Crippen molar-refractivity contribution in [2.45, 2.75) is 6.42 Å². The number of H-pyrrole nitrogens is 3. The van der Waals surface area contributed by atoms with E-state index in [1.165, 1.54) is 22.0 Å². The predicted molar refractivity (Wildman–Crippen MR) is 128 cm³/mol. The number of benzene rings is 3. The molecule has 0 saturated heterocycles. The Balaban J connectivity index is 1.52. The fourth-order valence-electron chi connectivity index (χ4n) is 4.93. The van der Waals surface area contributed by atoms with Crippen LogP contribution in [0, 0.1) is 0 Å². The SMILES string of the molecule is c1ccc2c(c1)CCN2c1n[nH]c(-c2n[nH]c3ccccc23)c1-c1[nH]cc2ccccc12. The van der Waals surface area contributed by atoms with E-state index in [1.54, 1.807) is 0 Å². The minimum atomic E-state index is 0.875. The maximum atomic E-state index is 4.85. The van der Waals surface area contributed by atoms with Crippen LogP contribution in [0.4, 0.5) is 11.5 Å². The van der Waals surface area contributed by atoms with Crippen LogP contribution in [-0.4, -0.2) is 31.9 Å². The zero-order valence-electron chi connectivity index (χ0n) is 17.3. The summed E-state index contributed by atoms with van der Waals surface area (Å²) >= 11 is 0. The molecule has 3 aromatic carbocycles. The molecule has 6 heteroatoms. The van der Waals surface area contributed by atoms with Gasteiger partial charge in [0, 0.05) is 29.2 Å². The number of aromatic amines is 3. The average molecular weight is 416 g/mol. The number of para-hydroxylation sites is 2. The predicted octanol–water partition coefficient (Wildman–Crippen LogP) is 5.80. The second-order valence-corrected chi connectivity index (χ2v) is 8.20. The van der Waals surface area contributed by atoms with Gasteiger partial charge in [-0.3, -0.25) is 10.2 Å². The lowest BCUT2D eigenvalue weighted by molar-refractivity contribution is 0.956. The minimum Gasteiger partial charge on any atom is -0.360 e. The van der Waals surface area contributed by atoms with Crippen LogP contribution in [0.15, 0.2) is 79.0 Å². The zero-order valence-corrected chi connectivity index (χ0v) is 17.3. The van der Waals surface area contributed by atoms with Crippen LogP contribution in [0.2, 0.25) is 0 Å². The Labute approximate surface area is 183 Å². The van der Waals surface area contributed by atoms with Gasteiger partial charge in [0.25, 0.3) is 0 Å². The van der Waals surface area contributed by atoms with Gasteiger partial charge in [0.1, 0.15) is 5.69 Å². The van der Waals surface area contributed by atoms with Crippen LogP contribution in [0.25, 0.3) is 44.3 Å². The largest absolute Gasteiger partial charge is 0.360 e. The van der Waals surface area contributed by atoms with Gasteiger partial charge in [-0.2, -0.15) is 10.2 Å². The van der Waals surface area contributed by atoms with Crippen molar-refractivity contribution in [1.82, 2.24) is 25.4 Å². The number of anilines is 2. The molecule has 6 aromatic rings. The zero-order chi connectivity index (χ0) is 21.1. The van der Waals surface area contributed by atoms with E-state index in [4.69, 9.17) is 5.10 Å². The number of hydrogen-bond donors (Lipinski definition) is 3. The van der Waals surface area contributed by atoms with E-state index in [1.807, 2.05) is 18.2 Å². The summed E-state index contributed by atoms with van der Waals surface area (Å²) in [6.45, 7) is 0.899. The van der Waals surface area contributed by atoms with Crippen molar-refractivity contribution in [3.05, 3.63) is 84.6 Å². The van der Waals surface area contributed by atoms with E-state index in [9.17, 15) is 0 Å². The van der Waals surface area contributed by atoms with Crippen LogP contribution in [-0.2, 0) is 6.42 Å². The fourth-order valence-corrected chi connectivity index (χ4v) is 4.93. The Morgan fingerprint density at radius 3 is 2.53 bits per heavy atom. The average Bonchev–Trinajstić information content (AvgIpc) is 3.61. The van der Waals surface area contributed by atoms with Crippen molar-refractivity contribution in [1.29, 1.82) is 0 Å². The molecule has 0 unspecified atom stereocenters. The summed E-state index contributed by atoms with van der Waals surface area (Å²) in [5.41, 5.74) is 7.46. The van der Waals surface area contributed by atoms with E-state index >= 15 is 0 Å². The molecule has 4 heterocycles. The van der Waals surface area contributed by atoms with E-state index in [0.717, 1.165) is 52.3 Å². The standard InChI is InChI=1S/C26H20N6/c1-3-9-18-17(8-1)15-27-23(18)22-25(24-19-10-4-5-11-20(19)28-29-24)30-31-26(22)32-14-13-16-7-2-6-12-21(16)32/h1-12,15,27H,13-14H2,(H,28,29)(H,30,31). The van der Waals surface area contributed by atoms with E-state index in [-0.39, 0.29) is 0 Å². The molecule has 0 amide bonds. The molecule has 0 spiro atoms. The van der Waals surface area contributed by atoms with Gasteiger partial charge < -0.3 is 9.88 Å². The third kappa shape index (κ3) is 2.40. The van der Waals surface area contributed by atoms with Crippen molar-refractivity contribution in [2.75, 3.05) is 11.4 Å². The molecule has 6 nitrogen and oxygen atoms in total. The Bertz CT molecular complexity index is 1600. The number of aromatic nitrogens is 5. The monoisotopic (exact) mass is 416 g/mol. The molecule has 0 fully saturated rings. The minimum absolute atomic E-state index is 0.875. The number of nitrogens with one attached hydrogen (secondary N) is 3. The third-order valence-electron chi connectivity index (χ3n) is 6.45. The van der Waals surface area contributed by atoms with Crippen LogP contribution >= 0.6 is 0 Å². The highest BCUT2D eigenvalue weighted by atomic mass is 15.3. The maximum Gasteiger partial charge on any atom is 0.164 e. The first-order valence-corrected chi connectivity index (χ1v) is 10.8. The van der Waals surface area contributed by atoms with Gasteiger partial charge in [-0.1, -0.05) is 60.7 Å². The first kappa shape index (κ1) is 17.4. The normalized spacial score (nSPS) is 13.3. The Morgan fingerprint density at radius 1 is 0.750 bits per heavy atom. The molecule has 1 aliphatic heterocycles. The lowest BCUT2D eigenvalue weighted by Crippen LogP contribution is -2.14. The Morgan fingerprint density at radius 2 is 1.56 bits per heavy atom. The van der Waals surface area contributed by atoms with Crippen LogP contribution in [0.3, 0.4) is 0 Å². The molecule has 0 saturated carbocycles. The summed E-state index contributed by atoms with van der Waals surface area (Å²) in [5.74, 6) is 0.921. The van der Waals surface area contributed by atoms with Crippen LogP contribution < -0.4 is 4.90 Å². The summed E-state index contributed by atoms with van der Waals surface area (Å²) in [7, 11) is 0. The van der Waals surface area contributed by atoms with Crippen molar-refractivity contribution < 1.29 is 0 Å². The summed E-state index contributed by atoms with van der Waals surface area (Å²) in [4.78, 5) is 5.84. The molecular weight excluding hydrogens is 396 g/mol. The van der Waals surface area contributed by atoms with E-state index < -0.39 is 0 Å². The molecule has 1 aliphatic rings. The Hall–Kier alpha value is -4.32. The van der Waals surface area contributed by atoms with Gasteiger partial charge >= 0.3 is 0 Å². The highest BCUT2D eigenvalue weighted by Gasteiger charge is 2.29. The van der Waals surface area contributed by atoms with Crippen LogP contribution in [0.5, 0.6) is 0 Å². The van der Waals surface area contributed by atoms with Gasteiger partial charge in [-0.25, -0.2) is 0 Å². The van der Waals surface area contributed by atoms with Crippen molar-refractivity contribution in [2.24, 2.45) is 0 Å². The summed E-state index contributed by atoms with van der Waals surface area (Å²) in [6.07, 6.45) is 3.07. The number of rotatable bonds is 3. The summed E-state index contributed by atoms with van der Waals surface area (Å²) < 4.78 is 0. The quantitative estimate of drug-likeness (QED) is 0.341. The molecule has 0 bridgehead atoms. The molecular formula is C26H20N6. The Kier molecular flexibility index (Phi) is 3.58. The molecule has 7 rings (SSSR count). The number of nitrogens with zero attached hydrogens (tertiary/aromatic N) is 3. The van der Waals surface area contributed by atoms with Gasteiger partial charge in [0.05, 0.1) is 22.5 Å². The van der Waals surface area contributed by atoms with Gasteiger partial charge in [0.15, 0.2) is 5.82 Å². The number of hydrogen-bond acceptors (Lipinski definition) is 3. The molecule has 0 atom stereocenters. The molecule has 32 heavy (non-hydrogen) atoms. The molecule has 0 radical (unpaired) electrons. The molecule has 3 aromatic heterocycles. The number of fused-ring (bicyclic) bond motifs is 3. The lowest BCUT2D eigenvalue weighted by atomic mass is 10.0. The molecule has 3 N–H and O–H groups in total. The van der Waals surface area contributed by atoms with Crippen molar-refractivity contribution in [3.63, 3.8) is 0 Å². The van der Waals surface area contributed by atoms with Crippen LogP contribution in [0.1, 0.15) is 5.56 Å². The summed E-state index contributed by atoms with van der Waals surface area (Å²) in [5, 5.41) is 19.4. The smallest absolute Gasteiger partial charge is 0.164 e. The van der Waals surface area contributed by atoms with Gasteiger partial charge in [-0.15, -0.1) is 0 Å². The third-order valence-corrected chi connectivity index (χ3v) is 6.45. The van der Waals surface area contributed by atoms with E-state index in [2.05, 4.69) is 86.0 Å². The van der Waals surface area contributed by atoms with Gasteiger partial charge in [-0.05, 0) is 29.5 Å². The molecule has 154 valence electrons. The molecule has 0 aliphatic carbocycles. The van der Waals surface area contributed by atoms with E-state index in [0.29, 0.717) is 0 Å². The second kappa shape index (κ2) is 6.59. The topological polar surface area (TPSA) is 76.4 Å². The van der Waals surface area contributed by atoms with Crippen molar-refractivity contribution >= 4 is 33.2 Å². The first-order valence-electron chi connectivity index (χ1n) is 10.8. The summed E-state index contributed by atoms with van der Waals surface area (Å²) in [6, 6.07) is 25.2. The highest BCUT2D eigenvalue weighted by Crippen LogP contribution is 2.45. The first-order chi connectivity index (χ1) is 15.9. The highest BCUT2D eigenvalue weighted by molar-refractivity contribution is 6.05. The lowest BCUT2D eigenvalue weighted by Gasteiger charge is -2.18.